The maximum Gasteiger partial charge on any atom is 0.0949 e. The number of aryl methyl sites for hydroxylation is 2. The molecule has 0 atom stereocenters. The van der Waals surface area contributed by atoms with Crippen molar-refractivity contribution in [3.05, 3.63) is 18.2 Å². The fourth-order valence-corrected chi connectivity index (χ4v) is 1.43. The van der Waals surface area contributed by atoms with Crippen LogP contribution >= 0.6 is 0 Å². The van der Waals surface area contributed by atoms with Crippen LogP contribution in [0, 0.1) is 0 Å². The van der Waals surface area contributed by atoms with Gasteiger partial charge in [-0.2, -0.15) is 0 Å². The van der Waals surface area contributed by atoms with Crippen molar-refractivity contribution in [2.45, 2.75) is 52.5 Å². The quantitative estimate of drug-likeness (QED) is 0.615. The van der Waals surface area contributed by atoms with Crippen molar-refractivity contribution in [1.29, 1.82) is 0 Å². The molecule has 2 heteroatoms. The summed E-state index contributed by atoms with van der Waals surface area (Å²) < 4.78 is 2.20. The van der Waals surface area contributed by atoms with E-state index in [4.69, 9.17) is 0 Å². The van der Waals surface area contributed by atoms with Gasteiger partial charge in [-0.05, 0) is 12.8 Å². The maximum atomic E-state index is 4.30. The fourth-order valence-electron chi connectivity index (χ4n) is 1.43. The Morgan fingerprint density at radius 1 is 1.23 bits per heavy atom. The third kappa shape index (κ3) is 3.62. The molecule has 0 saturated carbocycles. The molecule has 0 N–H and O–H groups in total. The van der Waals surface area contributed by atoms with Gasteiger partial charge < -0.3 is 4.57 Å². The third-order valence-electron chi connectivity index (χ3n) is 2.32. The van der Waals surface area contributed by atoms with Crippen molar-refractivity contribution in [1.82, 2.24) is 9.55 Å². The summed E-state index contributed by atoms with van der Waals surface area (Å²) in [6.45, 7) is 5.52. The van der Waals surface area contributed by atoms with Gasteiger partial charge in [-0.1, -0.05) is 33.1 Å². The zero-order valence-corrected chi connectivity index (χ0v) is 8.79. The van der Waals surface area contributed by atoms with Crippen LogP contribution in [0.1, 0.15) is 45.2 Å². The molecule has 0 spiro atoms. The van der Waals surface area contributed by atoms with Gasteiger partial charge in [0.2, 0.25) is 0 Å². The minimum atomic E-state index is 1.04. The highest BCUT2D eigenvalue weighted by molar-refractivity contribution is 4.95. The summed E-state index contributed by atoms with van der Waals surface area (Å²) in [6, 6.07) is 0. The summed E-state index contributed by atoms with van der Waals surface area (Å²) in [5, 5.41) is 0. The van der Waals surface area contributed by atoms with Crippen LogP contribution in [0.3, 0.4) is 0 Å². The summed E-state index contributed by atoms with van der Waals surface area (Å²) in [6.07, 6.45) is 10.4. The molecule has 13 heavy (non-hydrogen) atoms. The molecule has 0 fully saturated rings. The molecule has 0 saturated heterocycles. The number of imidazole rings is 1. The molecule has 0 amide bonds. The van der Waals surface area contributed by atoms with Gasteiger partial charge >= 0.3 is 0 Å². The molecular formula is C11H20N2. The Labute approximate surface area is 81.0 Å². The highest BCUT2D eigenvalue weighted by Crippen LogP contribution is 2.03. The number of hydrogen-bond donors (Lipinski definition) is 0. The minimum absolute atomic E-state index is 1.04. The Kier molecular flexibility index (Phi) is 4.58. The van der Waals surface area contributed by atoms with Crippen LogP contribution in [-0.4, -0.2) is 9.55 Å². The van der Waals surface area contributed by atoms with Crippen molar-refractivity contribution in [2.24, 2.45) is 0 Å². The molecule has 1 heterocycles. The normalized spacial score (nSPS) is 10.6. The first kappa shape index (κ1) is 10.3. The monoisotopic (exact) mass is 180 g/mol. The molecule has 1 rings (SSSR count). The molecule has 0 unspecified atom stereocenters. The Morgan fingerprint density at radius 3 is 2.69 bits per heavy atom. The lowest BCUT2D eigenvalue weighted by molar-refractivity contribution is 0.582. The number of aromatic nitrogens is 2. The predicted molar refractivity (Wildman–Crippen MR) is 55.7 cm³/mol. The topological polar surface area (TPSA) is 17.8 Å². The zero-order valence-electron chi connectivity index (χ0n) is 8.79. The van der Waals surface area contributed by atoms with Crippen LogP contribution in [0.2, 0.25) is 0 Å². The lowest BCUT2D eigenvalue weighted by atomic mass is 10.2. The minimum Gasteiger partial charge on any atom is -0.337 e. The largest absolute Gasteiger partial charge is 0.337 e. The van der Waals surface area contributed by atoms with Gasteiger partial charge in [0.25, 0.3) is 0 Å². The Morgan fingerprint density at radius 2 is 2.08 bits per heavy atom. The van der Waals surface area contributed by atoms with E-state index in [0.717, 1.165) is 13.0 Å². The summed E-state index contributed by atoms with van der Waals surface area (Å²) >= 11 is 0. The van der Waals surface area contributed by atoms with Crippen LogP contribution in [-0.2, 0) is 13.0 Å². The van der Waals surface area contributed by atoms with Crippen molar-refractivity contribution in [2.75, 3.05) is 0 Å². The summed E-state index contributed by atoms with van der Waals surface area (Å²) in [4.78, 5) is 4.30. The van der Waals surface area contributed by atoms with Crippen LogP contribution in [0.15, 0.2) is 12.5 Å². The molecule has 1 aromatic rings. The van der Waals surface area contributed by atoms with Crippen LogP contribution in [0.4, 0.5) is 0 Å². The molecule has 2 nitrogen and oxygen atoms in total. The van der Waals surface area contributed by atoms with E-state index < -0.39 is 0 Å². The van der Waals surface area contributed by atoms with Gasteiger partial charge in [-0.25, -0.2) is 4.98 Å². The van der Waals surface area contributed by atoms with Gasteiger partial charge in [-0.3, -0.25) is 0 Å². The van der Waals surface area contributed by atoms with Crippen molar-refractivity contribution >= 4 is 0 Å². The van der Waals surface area contributed by atoms with E-state index in [2.05, 4.69) is 29.6 Å². The Bertz CT molecular complexity index is 228. The fraction of sp³-hybridized carbons (Fsp3) is 0.727. The maximum absolute atomic E-state index is 4.30. The van der Waals surface area contributed by atoms with Crippen molar-refractivity contribution in [3.8, 4) is 0 Å². The zero-order chi connectivity index (χ0) is 9.52. The van der Waals surface area contributed by atoms with E-state index in [0.29, 0.717) is 0 Å². The van der Waals surface area contributed by atoms with Gasteiger partial charge in [0.05, 0.1) is 12.0 Å². The molecule has 0 bridgehead atoms. The highest BCUT2D eigenvalue weighted by atomic mass is 15.0. The smallest absolute Gasteiger partial charge is 0.0949 e. The first-order valence-electron chi connectivity index (χ1n) is 5.37. The number of hydrogen-bond acceptors (Lipinski definition) is 1. The van der Waals surface area contributed by atoms with E-state index in [9.17, 15) is 0 Å². The van der Waals surface area contributed by atoms with Crippen LogP contribution in [0.25, 0.3) is 0 Å². The highest BCUT2D eigenvalue weighted by Gasteiger charge is 1.95. The standard InChI is InChI=1S/C11H20N2/c1-3-5-6-7-8-13-9-11(4-2)12-10-13/h9-10H,3-8H2,1-2H3. The van der Waals surface area contributed by atoms with E-state index in [1.807, 2.05) is 6.33 Å². The number of rotatable bonds is 6. The molecule has 0 aromatic carbocycles. The van der Waals surface area contributed by atoms with Gasteiger partial charge in [-0.15, -0.1) is 0 Å². The van der Waals surface area contributed by atoms with E-state index in [1.54, 1.807) is 0 Å². The van der Waals surface area contributed by atoms with E-state index in [-0.39, 0.29) is 0 Å². The first-order valence-corrected chi connectivity index (χ1v) is 5.37. The predicted octanol–water partition coefficient (Wildman–Crippen LogP) is 3.03. The Hall–Kier alpha value is -0.790. The molecular weight excluding hydrogens is 160 g/mol. The summed E-state index contributed by atoms with van der Waals surface area (Å²) in [5.41, 5.74) is 1.20. The average Bonchev–Trinajstić information content (AvgIpc) is 2.60. The lowest BCUT2D eigenvalue weighted by Crippen LogP contribution is -1.93. The van der Waals surface area contributed by atoms with E-state index in [1.165, 1.54) is 31.4 Å². The summed E-state index contributed by atoms with van der Waals surface area (Å²) in [7, 11) is 0. The summed E-state index contributed by atoms with van der Waals surface area (Å²) in [5.74, 6) is 0. The van der Waals surface area contributed by atoms with Gasteiger partial charge in [0.1, 0.15) is 0 Å². The first-order chi connectivity index (χ1) is 6.36. The molecule has 0 aliphatic carbocycles. The second-order valence-electron chi connectivity index (χ2n) is 3.52. The Balaban J connectivity index is 2.20. The van der Waals surface area contributed by atoms with Gasteiger partial charge in [0.15, 0.2) is 0 Å². The molecule has 0 aliphatic rings. The SMILES string of the molecule is CCCCCCn1cnc(CC)c1. The van der Waals surface area contributed by atoms with E-state index >= 15 is 0 Å². The third-order valence-corrected chi connectivity index (χ3v) is 2.32. The second-order valence-corrected chi connectivity index (χ2v) is 3.52. The van der Waals surface area contributed by atoms with Gasteiger partial charge in [0, 0.05) is 12.7 Å². The molecule has 1 aromatic heterocycles. The molecule has 0 radical (unpaired) electrons. The lowest BCUT2D eigenvalue weighted by Gasteiger charge is -2.00. The van der Waals surface area contributed by atoms with Crippen LogP contribution in [0.5, 0.6) is 0 Å². The molecule has 74 valence electrons. The van der Waals surface area contributed by atoms with Crippen molar-refractivity contribution < 1.29 is 0 Å². The molecule has 0 aliphatic heterocycles. The number of nitrogens with zero attached hydrogens (tertiary/aromatic N) is 2. The number of unbranched alkanes of at least 4 members (excludes halogenated alkanes) is 3. The van der Waals surface area contributed by atoms with Crippen LogP contribution < -0.4 is 0 Å². The average molecular weight is 180 g/mol. The van der Waals surface area contributed by atoms with Crippen molar-refractivity contribution in [3.63, 3.8) is 0 Å². The second kappa shape index (κ2) is 5.79.